The van der Waals surface area contributed by atoms with Gasteiger partial charge in [-0.2, -0.15) is 11.8 Å². The zero-order valence-electron chi connectivity index (χ0n) is 12.5. The van der Waals surface area contributed by atoms with E-state index in [1.54, 1.807) is 0 Å². The predicted octanol–water partition coefficient (Wildman–Crippen LogP) is -1.98. The molecule has 0 rings (SSSR count). The number of aliphatic carboxylic acids is 1. The molecule has 0 fully saturated rings. The molecule has 0 unspecified atom stereocenters. The van der Waals surface area contributed by atoms with Crippen LogP contribution in [-0.4, -0.2) is 58.9 Å². The highest BCUT2D eigenvalue weighted by atomic mass is 32.2. The number of nitrogens with one attached hydrogen (secondary N) is 2. The van der Waals surface area contributed by atoms with Crippen LogP contribution in [-0.2, 0) is 19.2 Å². The lowest BCUT2D eigenvalue weighted by molar-refractivity contribution is -0.141. The first-order valence-corrected chi connectivity index (χ1v) is 7.94. The van der Waals surface area contributed by atoms with E-state index in [9.17, 15) is 19.2 Å². The average Bonchev–Trinajstić information content (AvgIpc) is 2.41. The minimum Gasteiger partial charge on any atom is -0.480 e. The molecule has 0 saturated heterocycles. The van der Waals surface area contributed by atoms with Crippen molar-refractivity contribution in [3.63, 3.8) is 0 Å². The topological polar surface area (TPSA) is 165 Å². The van der Waals surface area contributed by atoms with Gasteiger partial charge in [-0.15, -0.1) is 0 Å². The molecule has 22 heavy (non-hydrogen) atoms. The highest BCUT2D eigenvalue weighted by Crippen LogP contribution is 2.03. The van der Waals surface area contributed by atoms with Crippen molar-refractivity contribution in [3.05, 3.63) is 0 Å². The van der Waals surface area contributed by atoms with Gasteiger partial charge in [0.2, 0.25) is 17.7 Å². The Kier molecular flexibility index (Phi) is 9.18. The maximum Gasteiger partial charge on any atom is 0.325 e. The van der Waals surface area contributed by atoms with Gasteiger partial charge >= 0.3 is 5.97 Å². The van der Waals surface area contributed by atoms with Gasteiger partial charge in [-0.25, -0.2) is 0 Å². The van der Waals surface area contributed by atoms with Crippen LogP contribution in [0.15, 0.2) is 0 Å². The quantitative estimate of drug-likeness (QED) is 0.309. The average molecular weight is 334 g/mol. The van der Waals surface area contributed by atoms with E-state index in [1.807, 2.05) is 6.26 Å². The summed E-state index contributed by atoms with van der Waals surface area (Å²) < 4.78 is 0. The number of nitrogens with two attached hydrogens (primary N) is 2. The first-order chi connectivity index (χ1) is 10.2. The minimum absolute atomic E-state index is 0.300. The zero-order valence-corrected chi connectivity index (χ0v) is 13.3. The van der Waals surface area contributed by atoms with Crippen LogP contribution < -0.4 is 22.1 Å². The Labute approximate surface area is 132 Å². The molecule has 0 aromatic carbocycles. The summed E-state index contributed by atoms with van der Waals surface area (Å²) in [6, 6.07) is -3.17. The van der Waals surface area contributed by atoms with Crippen LogP contribution in [0.5, 0.6) is 0 Å². The SMILES string of the molecule is CSCC[C@H](NC(=O)[C@@H](N)CC(N)=O)C(=O)N[C@@H](C)C(=O)O. The summed E-state index contributed by atoms with van der Waals surface area (Å²) >= 11 is 1.47. The third-order valence-electron chi connectivity index (χ3n) is 2.73. The van der Waals surface area contributed by atoms with Crippen molar-refractivity contribution < 1.29 is 24.3 Å². The second-order valence-electron chi connectivity index (χ2n) is 4.69. The van der Waals surface area contributed by atoms with Gasteiger partial charge in [-0.3, -0.25) is 19.2 Å². The third kappa shape index (κ3) is 7.84. The molecule has 0 bridgehead atoms. The van der Waals surface area contributed by atoms with E-state index in [2.05, 4.69) is 10.6 Å². The van der Waals surface area contributed by atoms with Crippen LogP contribution in [0.4, 0.5) is 0 Å². The van der Waals surface area contributed by atoms with Crippen molar-refractivity contribution in [1.29, 1.82) is 0 Å². The molecular formula is C12H22N4O5S. The number of rotatable bonds is 10. The number of thioether (sulfide) groups is 1. The number of carbonyl (C=O) groups is 4. The maximum absolute atomic E-state index is 12.0. The molecule has 0 aliphatic carbocycles. The van der Waals surface area contributed by atoms with Crippen LogP contribution in [0.25, 0.3) is 0 Å². The first-order valence-electron chi connectivity index (χ1n) is 6.55. The lowest BCUT2D eigenvalue weighted by atomic mass is 10.1. The summed E-state index contributed by atoms with van der Waals surface area (Å²) in [6.07, 6.45) is 1.79. The van der Waals surface area contributed by atoms with E-state index in [4.69, 9.17) is 16.6 Å². The fraction of sp³-hybridized carbons (Fsp3) is 0.667. The lowest BCUT2D eigenvalue weighted by Crippen LogP contribution is -2.54. The summed E-state index contributed by atoms with van der Waals surface area (Å²) in [4.78, 5) is 45.3. The molecule has 10 heteroatoms. The number of carbonyl (C=O) groups excluding carboxylic acids is 3. The smallest absolute Gasteiger partial charge is 0.325 e. The second kappa shape index (κ2) is 10.0. The Morgan fingerprint density at radius 3 is 2.23 bits per heavy atom. The Morgan fingerprint density at radius 1 is 1.18 bits per heavy atom. The van der Waals surface area contributed by atoms with E-state index in [0.29, 0.717) is 12.2 Å². The lowest BCUT2D eigenvalue weighted by Gasteiger charge is -2.21. The van der Waals surface area contributed by atoms with Gasteiger partial charge in [0, 0.05) is 0 Å². The summed E-state index contributed by atoms with van der Waals surface area (Å²) in [5.74, 6) is -2.65. The normalized spacial score (nSPS) is 14.5. The van der Waals surface area contributed by atoms with E-state index in [1.165, 1.54) is 18.7 Å². The van der Waals surface area contributed by atoms with E-state index in [0.717, 1.165) is 0 Å². The van der Waals surface area contributed by atoms with Crippen molar-refractivity contribution in [1.82, 2.24) is 10.6 Å². The maximum atomic E-state index is 12.0. The first kappa shape index (κ1) is 20.2. The Hall–Kier alpha value is -1.81. The number of amides is 3. The molecule has 126 valence electrons. The molecule has 3 atom stereocenters. The van der Waals surface area contributed by atoms with Gasteiger partial charge < -0.3 is 27.2 Å². The molecule has 0 heterocycles. The minimum atomic E-state index is -1.19. The highest BCUT2D eigenvalue weighted by Gasteiger charge is 2.26. The predicted molar refractivity (Wildman–Crippen MR) is 82.0 cm³/mol. The third-order valence-corrected chi connectivity index (χ3v) is 3.37. The molecular weight excluding hydrogens is 312 g/mol. The van der Waals surface area contributed by atoms with E-state index < -0.39 is 41.8 Å². The molecule has 0 aromatic heterocycles. The van der Waals surface area contributed by atoms with Crippen molar-refractivity contribution in [2.24, 2.45) is 11.5 Å². The fourth-order valence-corrected chi connectivity index (χ4v) is 1.94. The van der Waals surface area contributed by atoms with Gasteiger partial charge in [-0.05, 0) is 25.4 Å². The molecule has 0 radical (unpaired) electrons. The van der Waals surface area contributed by atoms with Gasteiger partial charge in [0.1, 0.15) is 12.1 Å². The number of hydrogen-bond acceptors (Lipinski definition) is 6. The highest BCUT2D eigenvalue weighted by molar-refractivity contribution is 7.98. The molecule has 0 aliphatic rings. The summed E-state index contributed by atoms with van der Waals surface area (Å²) in [5.41, 5.74) is 10.5. The molecule has 3 amide bonds. The summed E-state index contributed by atoms with van der Waals surface area (Å²) in [5, 5.41) is 13.5. The Balaban J connectivity index is 4.75. The number of primary amides is 1. The van der Waals surface area contributed by atoms with E-state index in [-0.39, 0.29) is 6.42 Å². The van der Waals surface area contributed by atoms with Gasteiger partial charge in [0.25, 0.3) is 0 Å². The van der Waals surface area contributed by atoms with Crippen LogP contribution in [0.2, 0.25) is 0 Å². The largest absolute Gasteiger partial charge is 0.480 e. The van der Waals surface area contributed by atoms with Gasteiger partial charge in [0.05, 0.1) is 12.5 Å². The zero-order chi connectivity index (χ0) is 17.3. The van der Waals surface area contributed by atoms with Crippen molar-refractivity contribution in [2.45, 2.75) is 37.9 Å². The van der Waals surface area contributed by atoms with Crippen molar-refractivity contribution in [2.75, 3.05) is 12.0 Å². The van der Waals surface area contributed by atoms with Crippen LogP contribution >= 0.6 is 11.8 Å². The standard InChI is InChI=1S/C12H22N4O5S/c1-6(12(20)21)15-11(19)8(3-4-22-2)16-10(18)7(13)5-9(14)17/h6-8H,3-5,13H2,1-2H3,(H2,14,17)(H,15,19)(H,16,18)(H,20,21)/t6-,7-,8-/m0/s1. The molecule has 9 nitrogen and oxygen atoms in total. The van der Waals surface area contributed by atoms with Gasteiger partial charge in [0.15, 0.2) is 0 Å². The van der Waals surface area contributed by atoms with Gasteiger partial charge in [-0.1, -0.05) is 0 Å². The summed E-state index contributed by atoms with van der Waals surface area (Å²) in [7, 11) is 0. The van der Waals surface area contributed by atoms with Crippen molar-refractivity contribution in [3.8, 4) is 0 Å². The molecule has 0 spiro atoms. The van der Waals surface area contributed by atoms with Crippen LogP contribution in [0, 0.1) is 0 Å². The number of carboxylic acid groups (broad SMARTS) is 1. The van der Waals surface area contributed by atoms with Crippen LogP contribution in [0.3, 0.4) is 0 Å². The monoisotopic (exact) mass is 334 g/mol. The molecule has 0 aromatic rings. The summed E-state index contributed by atoms with van der Waals surface area (Å²) in [6.45, 7) is 1.31. The second-order valence-corrected chi connectivity index (χ2v) is 5.67. The number of carboxylic acids is 1. The molecule has 0 saturated carbocycles. The molecule has 7 N–H and O–H groups in total. The Morgan fingerprint density at radius 2 is 1.77 bits per heavy atom. The number of hydrogen-bond donors (Lipinski definition) is 5. The fourth-order valence-electron chi connectivity index (χ4n) is 1.47. The molecule has 0 aliphatic heterocycles. The van der Waals surface area contributed by atoms with Crippen molar-refractivity contribution >= 4 is 35.5 Å². The Bertz CT molecular complexity index is 432. The van der Waals surface area contributed by atoms with E-state index >= 15 is 0 Å². The van der Waals surface area contributed by atoms with Crippen LogP contribution in [0.1, 0.15) is 19.8 Å².